The Hall–Kier alpha value is -1.34. The Balaban J connectivity index is 0.00000261. The highest BCUT2D eigenvalue weighted by Gasteiger charge is 2.63. The Morgan fingerprint density at radius 1 is 1.41 bits per heavy atom. The van der Waals surface area contributed by atoms with Crippen molar-refractivity contribution in [1.82, 2.24) is 5.32 Å². The SMILES string of the molecule is CCOC1CC(N)(C(=O)NC2CCN(c3ccccc3Cl)C2=O)C1(C)C.Cl. The van der Waals surface area contributed by atoms with Crippen molar-refractivity contribution < 1.29 is 14.3 Å². The fourth-order valence-corrected chi connectivity index (χ4v) is 4.07. The highest BCUT2D eigenvalue weighted by Crippen LogP contribution is 2.50. The van der Waals surface area contributed by atoms with E-state index in [1.54, 1.807) is 17.0 Å². The van der Waals surface area contributed by atoms with Crippen LogP contribution in [-0.2, 0) is 14.3 Å². The van der Waals surface area contributed by atoms with Crippen molar-refractivity contribution in [3.05, 3.63) is 29.3 Å². The number of para-hydroxylation sites is 1. The second-order valence-corrected chi connectivity index (χ2v) is 8.00. The number of nitrogens with zero attached hydrogens (tertiary/aromatic N) is 1. The van der Waals surface area contributed by atoms with Crippen molar-refractivity contribution in [3.63, 3.8) is 0 Å². The molecule has 1 saturated carbocycles. The van der Waals surface area contributed by atoms with Gasteiger partial charge in [-0.2, -0.15) is 0 Å². The van der Waals surface area contributed by atoms with Crippen LogP contribution in [-0.4, -0.2) is 42.7 Å². The quantitative estimate of drug-likeness (QED) is 0.773. The molecule has 0 aromatic heterocycles. The molecule has 3 rings (SSSR count). The van der Waals surface area contributed by atoms with E-state index in [-0.39, 0.29) is 30.3 Å². The molecule has 3 atom stereocenters. The molecule has 1 saturated heterocycles. The van der Waals surface area contributed by atoms with Gasteiger partial charge in [-0.25, -0.2) is 0 Å². The minimum absolute atomic E-state index is 0. The van der Waals surface area contributed by atoms with E-state index < -0.39 is 17.0 Å². The second kappa shape index (κ2) is 7.95. The van der Waals surface area contributed by atoms with Gasteiger partial charge in [-0.15, -0.1) is 12.4 Å². The lowest BCUT2D eigenvalue weighted by Gasteiger charge is -2.57. The topological polar surface area (TPSA) is 84.7 Å². The first-order valence-electron chi connectivity index (χ1n) is 8.99. The van der Waals surface area contributed by atoms with E-state index in [2.05, 4.69) is 5.32 Å². The van der Waals surface area contributed by atoms with Crippen molar-refractivity contribution >= 4 is 41.5 Å². The Morgan fingerprint density at radius 2 is 2.07 bits per heavy atom. The molecule has 0 radical (unpaired) electrons. The maximum atomic E-state index is 12.8. The normalized spacial score (nSPS) is 29.1. The molecule has 0 bridgehead atoms. The molecule has 6 nitrogen and oxygen atoms in total. The molecule has 150 valence electrons. The maximum Gasteiger partial charge on any atom is 0.249 e. The predicted octanol–water partition coefficient (Wildman–Crippen LogP) is 2.52. The molecule has 1 aliphatic heterocycles. The number of hydrogen-bond acceptors (Lipinski definition) is 4. The van der Waals surface area contributed by atoms with Gasteiger partial charge in [-0.05, 0) is 25.5 Å². The van der Waals surface area contributed by atoms with Crippen molar-refractivity contribution in [1.29, 1.82) is 0 Å². The van der Waals surface area contributed by atoms with Crippen LogP contribution in [0.1, 0.15) is 33.6 Å². The third-order valence-electron chi connectivity index (χ3n) is 5.89. The predicted molar refractivity (Wildman–Crippen MR) is 108 cm³/mol. The van der Waals surface area contributed by atoms with E-state index in [0.29, 0.717) is 36.7 Å². The van der Waals surface area contributed by atoms with Crippen LogP contribution in [0.25, 0.3) is 0 Å². The number of anilines is 1. The van der Waals surface area contributed by atoms with Crippen LogP contribution in [0, 0.1) is 5.41 Å². The average Bonchev–Trinajstić information content (AvgIpc) is 2.95. The largest absolute Gasteiger partial charge is 0.378 e. The number of carbonyl (C=O) groups excluding carboxylic acids is 2. The number of nitrogens with one attached hydrogen (secondary N) is 1. The molecule has 1 aromatic rings. The van der Waals surface area contributed by atoms with Crippen LogP contribution >= 0.6 is 24.0 Å². The van der Waals surface area contributed by atoms with Crippen LogP contribution in [0.3, 0.4) is 0 Å². The van der Waals surface area contributed by atoms with Gasteiger partial charge in [-0.1, -0.05) is 37.6 Å². The fourth-order valence-electron chi connectivity index (χ4n) is 3.83. The number of benzene rings is 1. The van der Waals surface area contributed by atoms with Crippen LogP contribution in [0.5, 0.6) is 0 Å². The number of ether oxygens (including phenoxy) is 1. The summed E-state index contributed by atoms with van der Waals surface area (Å²) >= 11 is 6.20. The number of hydrogen-bond donors (Lipinski definition) is 2. The summed E-state index contributed by atoms with van der Waals surface area (Å²) in [7, 11) is 0. The Morgan fingerprint density at radius 3 is 2.67 bits per heavy atom. The average molecular weight is 416 g/mol. The summed E-state index contributed by atoms with van der Waals surface area (Å²) in [5, 5.41) is 3.37. The zero-order valence-corrected chi connectivity index (χ0v) is 17.4. The molecule has 2 fully saturated rings. The van der Waals surface area contributed by atoms with E-state index in [0.717, 1.165) is 0 Å². The van der Waals surface area contributed by atoms with Crippen LogP contribution in [0.2, 0.25) is 5.02 Å². The Labute approximate surface area is 171 Å². The first-order chi connectivity index (χ1) is 12.2. The Bertz CT molecular complexity index is 728. The van der Waals surface area contributed by atoms with Crippen molar-refractivity contribution in [2.45, 2.75) is 51.3 Å². The van der Waals surface area contributed by atoms with Crippen LogP contribution in [0.4, 0.5) is 5.69 Å². The van der Waals surface area contributed by atoms with Gasteiger partial charge in [0.25, 0.3) is 0 Å². The standard InChI is InChI=1S/C19H26ClN3O3.ClH/c1-4-26-15-11-19(21,18(15,2)3)17(25)22-13-9-10-23(16(13)24)14-8-6-5-7-12(14)20;/h5-8,13,15H,4,9-11,21H2,1-3H3,(H,22,25);1H. The second-order valence-electron chi connectivity index (χ2n) is 7.60. The first kappa shape index (κ1) is 22.0. The summed E-state index contributed by atoms with van der Waals surface area (Å²) in [5.74, 6) is -0.452. The minimum Gasteiger partial charge on any atom is -0.378 e. The molecule has 8 heteroatoms. The van der Waals surface area contributed by atoms with Crippen molar-refractivity contribution in [2.75, 3.05) is 18.1 Å². The highest BCUT2D eigenvalue weighted by atomic mass is 35.5. The summed E-state index contributed by atoms with van der Waals surface area (Å²) in [6.07, 6.45) is 0.929. The molecular weight excluding hydrogens is 389 g/mol. The summed E-state index contributed by atoms with van der Waals surface area (Å²) < 4.78 is 5.67. The number of rotatable bonds is 5. The van der Waals surface area contributed by atoms with Crippen LogP contribution in [0.15, 0.2) is 24.3 Å². The maximum absolute atomic E-state index is 12.8. The molecule has 1 heterocycles. The van der Waals surface area contributed by atoms with Crippen molar-refractivity contribution in [3.8, 4) is 0 Å². The lowest BCUT2D eigenvalue weighted by Crippen LogP contribution is -2.76. The zero-order valence-electron chi connectivity index (χ0n) is 15.8. The smallest absolute Gasteiger partial charge is 0.249 e. The van der Waals surface area contributed by atoms with E-state index >= 15 is 0 Å². The van der Waals surface area contributed by atoms with E-state index in [1.165, 1.54) is 0 Å². The van der Waals surface area contributed by atoms with E-state index in [4.69, 9.17) is 22.1 Å². The van der Waals surface area contributed by atoms with E-state index in [9.17, 15) is 9.59 Å². The van der Waals surface area contributed by atoms with Gasteiger partial charge in [0.2, 0.25) is 11.8 Å². The molecule has 3 unspecified atom stereocenters. The van der Waals surface area contributed by atoms with Gasteiger partial charge >= 0.3 is 0 Å². The third kappa shape index (κ3) is 3.56. The highest BCUT2D eigenvalue weighted by molar-refractivity contribution is 6.34. The molecule has 2 aliphatic rings. The summed E-state index contributed by atoms with van der Waals surface area (Å²) in [6.45, 7) is 6.88. The van der Waals surface area contributed by atoms with Gasteiger partial charge in [0.15, 0.2) is 0 Å². The number of carbonyl (C=O) groups is 2. The van der Waals surface area contributed by atoms with E-state index in [1.807, 2.05) is 32.9 Å². The van der Waals surface area contributed by atoms with Crippen molar-refractivity contribution in [2.24, 2.45) is 11.1 Å². The molecule has 1 aliphatic carbocycles. The Kier molecular flexibility index (Phi) is 6.47. The monoisotopic (exact) mass is 415 g/mol. The van der Waals surface area contributed by atoms with Gasteiger partial charge in [-0.3, -0.25) is 9.59 Å². The summed E-state index contributed by atoms with van der Waals surface area (Å²) in [5.41, 5.74) is 5.54. The van der Waals surface area contributed by atoms with Crippen LogP contribution < -0.4 is 16.0 Å². The molecule has 27 heavy (non-hydrogen) atoms. The molecular formula is C19H27Cl2N3O3. The summed E-state index contributed by atoms with van der Waals surface area (Å²) in [6, 6.07) is 6.62. The minimum atomic E-state index is -1.04. The first-order valence-corrected chi connectivity index (χ1v) is 9.37. The van der Waals surface area contributed by atoms with Gasteiger partial charge < -0.3 is 20.7 Å². The molecule has 1 aromatic carbocycles. The molecule has 3 N–H and O–H groups in total. The van der Waals surface area contributed by atoms with Gasteiger partial charge in [0, 0.05) is 25.0 Å². The lowest BCUT2D eigenvalue weighted by atomic mass is 9.54. The third-order valence-corrected chi connectivity index (χ3v) is 6.21. The van der Waals surface area contributed by atoms with Gasteiger partial charge in [0.1, 0.15) is 11.6 Å². The molecule has 2 amide bonds. The molecule has 0 spiro atoms. The number of nitrogens with two attached hydrogens (primary N) is 1. The zero-order chi connectivity index (χ0) is 19.1. The number of halogens is 2. The number of amides is 2. The summed E-state index contributed by atoms with van der Waals surface area (Å²) in [4.78, 5) is 27.2. The fraction of sp³-hybridized carbons (Fsp3) is 0.579. The lowest BCUT2D eigenvalue weighted by molar-refractivity contribution is -0.171. The van der Waals surface area contributed by atoms with Gasteiger partial charge in [0.05, 0.1) is 16.8 Å².